The molecule has 3 aromatic heterocycles. The highest BCUT2D eigenvalue weighted by atomic mass is 32.2. The van der Waals surface area contributed by atoms with Gasteiger partial charge in [-0.1, -0.05) is 61.2 Å². The van der Waals surface area contributed by atoms with E-state index in [4.69, 9.17) is 4.98 Å². The van der Waals surface area contributed by atoms with Gasteiger partial charge in [-0.2, -0.15) is 0 Å². The average Bonchev–Trinajstić information content (AvgIpc) is 3.35. The van der Waals surface area contributed by atoms with Gasteiger partial charge in [-0.3, -0.25) is 10.1 Å². The summed E-state index contributed by atoms with van der Waals surface area (Å²) in [4.78, 5) is 17.5. The van der Waals surface area contributed by atoms with Crippen LogP contribution in [0.25, 0.3) is 22.1 Å². The molecule has 1 atom stereocenters. The number of fused-ring (bicyclic) bond motifs is 3. The van der Waals surface area contributed by atoms with Crippen molar-refractivity contribution < 1.29 is 4.79 Å². The molecule has 0 fully saturated rings. The van der Waals surface area contributed by atoms with Crippen LogP contribution < -0.4 is 5.32 Å². The molecule has 0 bridgehead atoms. The number of hydrogen-bond donors (Lipinski definition) is 1. The molecule has 0 radical (unpaired) electrons. The van der Waals surface area contributed by atoms with Crippen molar-refractivity contribution in [3.05, 3.63) is 41.9 Å². The van der Waals surface area contributed by atoms with Crippen LogP contribution in [0.2, 0.25) is 0 Å². The van der Waals surface area contributed by atoms with Crippen LogP contribution in [0.5, 0.6) is 0 Å². The number of allylic oxidation sites excluding steroid dienone is 1. The summed E-state index contributed by atoms with van der Waals surface area (Å²) in [5, 5.41) is 22.3. The van der Waals surface area contributed by atoms with Gasteiger partial charge < -0.3 is 4.57 Å². The predicted molar refractivity (Wildman–Crippen MR) is 125 cm³/mol. The van der Waals surface area contributed by atoms with Gasteiger partial charge in [-0.15, -0.1) is 27.0 Å². The molecular formula is C21H23N7OS2. The number of aromatic nitrogens is 6. The zero-order valence-electron chi connectivity index (χ0n) is 17.4. The molecule has 1 N–H and O–H groups in total. The van der Waals surface area contributed by atoms with E-state index in [0.717, 1.165) is 39.9 Å². The number of rotatable bonds is 9. The number of nitrogens with one attached hydrogen (secondary N) is 1. The summed E-state index contributed by atoms with van der Waals surface area (Å²) in [5.74, 6) is -0.137. The maximum Gasteiger partial charge on any atom is 0.239 e. The molecule has 1 amide bonds. The summed E-state index contributed by atoms with van der Waals surface area (Å²) < 4.78 is 2.06. The number of carbonyl (C=O) groups is 1. The van der Waals surface area contributed by atoms with Gasteiger partial charge in [0.2, 0.25) is 16.2 Å². The van der Waals surface area contributed by atoms with E-state index >= 15 is 0 Å². The van der Waals surface area contributed by atoms with Gasteiger partial charge in [0, 0.05) is 18.4 Å². The fraction of sp³-hybridized carbons (Fsp3) is 0.333. The third kappa shape index (κ3) is 4.45. The van der Waals surface area contributed by atoms with Crippen molar-refractivity contribution in [3.63, 3.8) is 0 Å². The van der Waals surface area contributed by atoms with Crippen molar-refractivity contribution in [2.45, 2.75) is 50.1 Å². The molecule has 3 heterocycles. The Labute approximate surface area is 188 Å². The molecule has 0 aliphatic carbocycles. The number of benzene rings is 1. The minimum absolute atomic E-state index is 0.137. The molecule has 10 heteroatoms. The third-order valence-corrected chi connectivity index (χ3v) is 6.85. The van der Waals surface area contributed by atoms with Crippen LogP contribution in [-0.2, 0) is 17.8 Å². The number of hydrogen-bond acceptors (Lipinski definition) is 8. The Morgan fingerprint density at radius 1 is 1.26 bits per heavy atom. The topological polar surface area (TPSA) is 98.5 Å². The lowest BCUT2D eigenvalue weighted by atomic mass is 10.2. The standard InChI is InChI=1S/C21H23N7OS2/c1-4-9-16-24-26-21(31-16)23-19(29)15(6-3)30-20-22-18-17(25-27-20)13-10-7-8-11-14(13)28(18)12-5-2/h5,7-8,10-11,15H,2,4,6,9,12H2,1,3H3,(H,23,26,29)/t15-/m1/s1. The van der Waals surface area contributed by atoms with Gasteiger partial charge >= 0.3 is 0 Å². The second-order valence-corrected chi connectivity index (χ2v) is 9.17. The maximum absolute atomic E-state index is 12.8. The highest BCUT2D eigenvalue weighted by Gasteiger charge is 2.22. The van der Waals surface area contributed by atoms with Crippen LogP contribution in [0.4, 0.5) is 5.13 Å². The maximum atomic E-state index is 12.8. The predicted octanol–water partition coefficient (Wildman–Crippen LogP) is 4.48. The molecule has 4 aromatic rings. The minimum Gasteiger partial charge on any atom is -0.320 e. The monoisotopic (exact) mass is 453 g/mol. The second kappa shape index (κ2) is 9.52. The molecule has 4 rings (SSSR count). The fourth-order valence-electron chi connectivity index (χ4n) is 3.31. The number of aryl methyl sites for hydroxylation is 1. The number of nitrogens with zero attached hydrogens (tertiary/aromatic N) is 6. The van der Waals surface area contributed by atoms with Crippen molar-refractivity contribution in [3.8, 4) is 0 Å². The van der Waals surface area contributed by atoms with Gasteiger partial charge in [0.1, 0.15) is 10.5 Å². The molecule has 0 aliphatic rings. The van der Waals surface area contributed by atoms with Crippen molar-refractivity contribution in [2.75, 3.05) is 5.32 Å². The van der Waals surface area contributed by atoms with Crippen molar-refractivity contribution in [1.82, 2.24) is 29.9 Å². The molecule has 160 valence electrons. The summed E-state index contributed by atoms with van der Waals surface area (Å²) >= 11 is 2.72. The minimum atomic E-state index is -0.366. The van der Waals surface area contributed by atoms with E-state index in [1.165, 1.54) is 23.1 Å². The van der Waals surface area contributed by atoms with E-state index < -0.39 is 0 Å². The number of para-hydroxylation sites is 1. The van der Waals surface area contributed by atoms with E-state index in [-0.39, 0.29) is 11.2 Å². The first-order valence-electron chi connectivity index (χ1n) is 10.2. The van der Waals surface area contributed by atoms with Crippen LogP contribution in [0.3, 0.4) is 0 Å². The van der Waals surface area contributed by atoms with Crippen LogP contribution in [0.15, 0.2) is 42.1 Å². The van der Waals surface area contributed by atoms with Crippen molar-refractivity contribution >= 4 is 56.2 Å². The van der Waals surface area contributed by atoms with Crippen LogP contribution >= 0.6 is 23.1 Å². The first-order chi connectivity index (χ1) is 15.1. The van der Waals surface area contributed by atoms with Gasteiger partial charge in [-0.25, -0.2) is 4.98 Å². The molecular weight excluding hydrogens is 430 g/mol. The second-order valence-electron chi connectivity index (χ2n) is 6.94. The Hall–Kier alpha value is -2.85. The molecule has 31 heavy (non-hydrogen) atoms. The zero-order valence-corrected chi connectivity index (χ0v) is 19.0. The van der Waals surface area contributed by atoms with E-state index in [1.54, 1.807) is 0 Å². The van der Waals surface area contributed by atoms with Crippen molar-refractivity contribution in [1.29, 1.82) is 0 Å². The highest BCUT2D eigenvalue weighted by molar-refractivity contribution is 8.00. The van der Waals surface area contributed by atoms with E-state index in [0.29, 0.717) is 23.3 Å². The third-order valence-electron chi connectivity index (χ3n) is 4.74. The number of thioether (sulfide) groups is 1. The van der Waals surface area contributed by atoms with E-state index in [1.807, 2.05) is 37.3 Å². The first-order valence-corrected chi connectivity index (χ1v) is 11.9. The lowest BCUT2D eigenvalue weighted by Crippen LogP contribution is -2.24. The molecule has 0 saturated heterocycles. The normalized spacial score (nSPS) is 12.3. The van der Waals surface area contributed by atoms with Crippen LogP contribution in [-0.4, -0.2) is 41.1 Å². The lowest BCUT2D eigenvalue weighted by Gasteiger charge is -2.12. The SMILES string of the molecule is C=CCn1c2ccccc2c2nnc(S[C@H](CC)C(=O)Nc3nnc(CCC)s3)nc21. The Morgan fingerprint density at radius 2 is 2.10 bits per heavy atom. The van der Waals surface area contributed by atoms with Gasteiger partial charge in [0.15, 0.2) is 5.65 Å². The van der Waals surface area contributed by atoms with Gasteiger partial charge in [0.25, 0.3) is 0 Å². The lowest BCUT2D eigenvalue weighted by molar-refractivity contribution is -0.115. The summed E-state index contributed by atoms with van der Waals surface area (Å²) in [7, 11) is 0. The highest BCUT2D eigenvalue weighted by Crippen LogP contribution is 2.29. The average molecular weight is 454 g/mol. The quantitative estimate of drug-likeness (QED) is 0.295. The Morgan fingerprint density at radius 3 is 2.87 bits per heavy atom. The summed E-state index contributed by atoms with van der Waals surface area (Å²) in [6.07, 6.45) is 4.30. The van der Waals surface area contributed by atoms with Crippen molar-refractivity contribution in [2.24, 2.45) is 0 Å². The Kier molecular flexibility index (Phi) is 6.57. The summed E-state index contributed by atoms with van der Waals surface area (Å²) in [6.45, 7) is 8.51. The fourth-order valence-corrected chi connectivity index (χ4v) is 4.97. The number of carbonyl (C=O) groups excluding carboxylic acids is 1. The Balaban J connectivity index is 1.58. The Bertz CT molecular complexity index is 1230. The summed E-state index contributed by atoms with van der Waals surface area (Å²) in [6, 6.07) is 8.01. The first kappa shape index (κ1) is 21.4. The smallest absolute Gasteiger partial charge is 0.239 e. The molecule has 0 aliphatic heterocycles. The van der Waals surface area contributed by atoms with Gasteiger partial charge in [0.05, 0.1) is 10.8 Å². The zero-order chi connectivity index (χ0) is 21.8. The van der Waals surface area contributed by atoms with Crippen LogP contribution in [0, 0.1) is 0 Å². The molecule has 8 nitrogen and oxygen atoms in total. The molecule has 0 saturated carbocycles. The van der Waals surface area contributed by atoms with Crippen LogP contribution in [0.1, 0.15) is 31.7 Å². The molecule has 0 unspecified atom stereocenters. The van der Waals surface area contributed by atoms with E-state index in [2.05, 4.69) is 43.8 Å². The van der Waals surface area contributed by atoms with Gasteiger partial charge in [-0.05, 0) is 18.9 Å². The molecule has 0 spiro atoms. The number of amides is 1. The largest absolute Gasteiger partial charge is 0.320 e. The number of anilines is 1. The van der Waals surface area contributed by atoms with E-state index in [9.17, 15) is 4.79 Å². The summed E-state index contributed by atoms with van der Waals surface area (Å²) in [5.41, 5.74) is 2.52. The molecule has 1 aromatic carbocycles.